The molecule has 0 bridgehead atoms. The van der Waals surface area contributed by atoms with Crippen LogP contribution in [0.3, 0.4) is 0 Å². The third-order valence-corrected chi connectivity index (χ3v) is 5.99. The van der Waals surface area contributed by atoms with Crippen molar-refractivity contribution in [2.45, 2.75) is 103 Å². The van der Waals surface area contributed by atoms with Crippen molar-refractivity contribution in [2.75, 3.05) is 6.61 Å². The van der Waals surface area contributed by atoms with Crippen molar-refractivity contribution >= 4 is 10.1 Å². The molecule has 0 saturated carbocycles. The van der Waals surface area contributed by atoms with E-state index < -0.39 is 10.1 Å². The molecular formula is C22H39NO3S. The second-order valence-electron chi connectivity index (χ2n) is 7.44. The fraction of sp³-hybridized carbons (Fsp3) is 0.773. The van der Waals surface area contributed by atoms with Gasteiger partial charge in [0.25, 0.3) is 10.1 Å². The maximum atomic E-state index is 11.9. The van der Waals surface area contributed by atoms with Crippen LogP contribution in [0.5, 0.6) is 0 Å². The zero-order valence-corrected chi connectivity index (χ0v) is 18.0. The monoisotopic (exact) mass is 397 g/mol. The Hall–Kier alpha value is -0.940. The van der Waals surface area contributed by atoms with E-state index in [9.17, 15) is 8.42 Å². The Morgan fingerprint density at radius 1 is 0.778 bits per heavy atom. The van der Waals surface area contributed by atoms with Crippen LogP contribution >= 0.6 is 0 Å². The maximum absolute atomic E-state index is 11.9. The Morgan fingerprint density at radius 2 is 1.30 bits per heavy atom. The summed E-state index contributed by atoms with van der Waals surface area (Å²) in [5, 5.41) is 0. The van der Waals surface area contributed by atoms with Gasteiger partial charge in [0, 0.05) is 6.20 Å². The average Bonchev–Trinajstić information content (AvgIpc) is 2.65. The molecule has 0 aromatic carbocycles. The van der Waals surface area contributed by atoms with Gasteiger partial charge < -0.3 is 0 Å². The molecular weight excluding hydrogens is 358 g/mol. The van der Waals surface area contributed by atoms with Crippen molar-refractivity contribution in [3.05, 3.63) is 30.1 Å². The summed E-state index contributed by atoms with van der Waals surface area (Å²) < 4.78 is 28.8. The number of hydrogen-bond donors (Lipinski definition) is 0. The molecule has 1 aromatic rings. The maximum Gasteiger partial charge on any atom is 0.273 e. The third-order valence-electron chi connectivity index (χ3n) is 4.81. The minimum atomic E-state index is -3.52. The number of pyridine rings is 1. The molecule has 0 fully saturated rings. The predicted molar refractivity (Wildman–Crippen MR) is 113 cm³/mol. The molecule has 27 heavy (non-hydrogen) atoms. The first-order valence-corrected chi connectivity index (χ1v) is 12.5. The van der Waals surface area contributed by atoms with Gasteiger partial charge in [0.05, 0.1) is 12.3 Å². The first-order chi connectivity index (χ1) is 13.1. The molecule has 0 aliphatic heterocycles. The molecule has 1 heterocycles. The molecule has 0 spiro atoms. The Bertz CT molecular complexity index is 546. The van der Waals surface area contributed by atoms with E-state index in [0.717, 1.165) is 12.8 Å². The fourth-order valence-electron chi connectivity index (χ4n) is 3.19. The van der Waals surface area contributed by atoms with Crippen LogP contribution in [0.4, 0.5) is 0 Å². The van der Waals surface area contributed by atoms with E-state index in [4.69, 9.17) is 4.18 Å². The van der Waals surface area contributed by atoms with Crippen LogP contribution in [0.15, 0.2) is 24.4 Å². The molecule has 0 aliphatic rings. The van der Waals surface area contributed by atoms with E-state index in [2.05, 4.69) is 11.9 Å². The summed E-state index contributed by atoms with van der Waals surface area (Å²) >= 11 is 0. The zero-order valence-electron chi connectivity index (χ0n) is 17.2. The molecule has 0 atom stereocenters. The zero-order chi connectivity index (χ0) is 19.6. The number of nitrogens with zero attached hydrogens (tertiary/aromatic N) is 1. The highest BCUT2D eigenvalue weighted by atomic mass is 32.2. The van der Waals surface area contributed by atoms with Crippen molar-refractivity contribution in [1.82, 2.24) is 4.98 Å². The second kappa shape index (κ2) is 16.1. The van der Waals surface area contributed by atoms with Crippen LogP contribution in [0, 0.1) is 0 Å². The molecule has 0 unspecified atom stereocenters. The second-order valence-corrected chi connectivity index (χ2v) is 9.08. The molecule has 1 aromatic heterocycles. The normalized spacial score (nSPS) is 11.7. The van der Waals surface area contributed by atoms with Crippen LogP contribution in [-0.2, 0) is 20.1 Å². The summed E-state index contributed by atoms with van der Waals surface area (Å²) in [6, 6.07) is 5.25. The van der Waals surface area contributed by atoms with Gasteiger partial charge in [0.15, 0.2) is 0 Å². The van der Waals surface area contributed by atoms with Gasteiger partial charge in [0.2, 0.25) is 0 Å². The molecule has 0 saturated heterocycles. The lowest BCUT2D eigenvalue weighted by atomic mass is 10.0. The van der Waals surface area contributed by atoms with E-state index in [1.807, 2.05) is 0 Å². The van der Waals surface area contributed by atoms with Gasteiger partial charge >= 0.3 is 0 Å². The van der Waals surface area contributed by atoms with E-state index in [1.54, 1.807) is 24.4 Å². The quantitative estimate of drug-likeness (QED) is 0.212. The molecule has 0 N–H and O–H groups in total. The van der Waals surface area contributed by atoms with Crippen molar-refractivity contribution in [1.29, 1.82) is 0 Å². The summed E-state index contributed by atoms with van der Waals surface area (Å²) in [5.74, 6) is -0.146. The van der Waals surface area contributed by atoms with Crippen molar-refractivity contribution in [3.63, 3.8) is 0 Å². The predicted octanol–water partition coefficient (Wildman–Crippen LogP) is 6.41. The summed E-state index contributed by atoms with van der Waals surface area (Å²) in [5.41, 5.74) is 0.526. The van der Waals surface area contributed by atoms with Gasteiger partial charge in [0.1, 0.15) is 5.75 Å². The largest absolute Gasteiger partial charge is 0.273 e. The molecule has 4 nitrogen and oxygen atoms in total. The summed E-state index contributed by atoms with van der Waals surface area (Å²) in [7, 11) is -3.52. The summed E-state index contributed by atoms with van der Waals surface area (Å²) in [6.07, 6.45) is 19.6. The van der Waals surface area contributed by atoms with Gasteiger partial charge in [-0.15, -0.1) is 0 Å². The highest BCUT2D eigenvalue weighted by Gasteiger charge is 2.12. The van der Waals surface area contributed by atoms with Crippen LogP contribution in [0.2, 0.25) is 0 Å². The lowest BCUT2D eigenvalue weighted by Gasteiger charge is -2.06. The fourth-order valence-corrected chi connectivity index (χ4v) is 4.18. The first-order valence-electron chi connectivity index (χ1n) is 10.9. The molecule has 0 amide bonds. The minimum absolute atomic E-state index is 0.146. The van der Waals surface area contributed by atoms with E-state index in [0.29, 0.717) is 5.69 Å². The first kappa shape index (κ1) is 24.1. The Kier molecular flexibility index (Phi) is 14.3. The molecule has 0 radical (unpaired) electrons. The van der Waals surface area contributed by atoms with E-state index >= 15 is 0 Å². The molecule has 156 valence electrons. The summed E-state index contributed by atoms with van der Waals surface area (Å²) in [6.45, 7) is 2.55. The standard InChI is InChI=1S/C22H39NO3S/c1-2-3-4-5-6-7-8-9-10-11-12-13-14-17-20-26-27(24,25)21-22-18-15-16-19-23-22/h15-16,18-19H,2-14,17,20-21H2,1H3. The van der Waals surface area contributed by atoms with Crippen LogP contribution in [-0.4, -0.2) is 20.0 Å². The Morgan fingerprint density at radius 3 is 1.78 bits per heavy atom. The lowest BCUT2D eigenvalue weighted by Crippen LogP contribution is -2.10. The number of aromatic nitrogens is 1. The minimum Gasteiger partial charge on any atom is -0.270 e. The topological polar surface area (TPSA) is 56.3 Å². The van der Waals surface area contributed by atoms with Gasteiger partial charge in [-0.3, -0.25) is 9.17 Å². The lowest BCUT2D eigenvalue weighted by molar-refractivity contribution is 0.305. The van der Waals surface area contributed by atoms with Gasteiger partial charge in [-0.05, 0) is 18.6 Å². The van der Waals surface area contributed by atoms with Crippen molar-refractivity contribution in [3.8, 4) is 0 Å². The van der Waals surface area contributed by atoms with Crippen LogP contribution < -0.4 is 0 Å². The number of rotatable bonds is 18. The highest BCUT2D eigenvalue weighted by Crippen LogP contribution is 2.13. The van der Waals surface area contributed by atoms with Crippen molar-refractivity contribution < 1.29 is 12.6 Å². The highest BCUT2D eigenvalue weighted by molar-refractivity contribution is 7.85. The van der Waals surface area contributed by atoms with Crippen molar-refractivity contribution in [2.24, 2.45) is 0 Å². The molecule has 0 aliphatic carbocycles. The van der Waals surface area contributed by atoms with Crippen LogP contribution in [0.1, 0.15) is 103 Å². The van der Waals surface area contributed by atoms with E-state index in [1.165, 1.54) is 77.0 Å². The third kappa shape index (κ3) is 14.7. The Labute approximate surface area is 167 Å². The van der Waals surface area contributed by atoms with Crippen LogP contribution in [0.25, 0.3) is 0 Å². The SMILES string of the molecule is CCCCCCCCCCCCCCCCOS(=O)(=O)Cc1ccccn1. The smallest absolute Gasteiger partial charge is 0.270 e. The number of unbranched alkanes of at least 4 members (excludes halogenated alkanes) is 13. The number of hydrogen-bond acceptors (Lipinski definition) is 4. The van der Waals surface area contributed by atoms with Gasteiger partial charge in [-0.1, -0.05) is 96.5 Å². The van der Waals surface area contributed by atoms with Gasteiger partial charge in [-0.25, -0.2) is 0 Å². The molecule has 1 rings (SSSR count). The summed E-state index contributed by atoms with van der Waals surface area (Å²) in [4.78, 5) is 4.03. The van der Waals surface area contributed by atoms with Gasteiger partial charge in [-0.2, -0.15) is 8.42 Å². The average molecular weight is 398 g/mol. The van der Waals surface area contributed by atoms with E-state index in [-0.39, 0.29) is 12.4 Å². The molecule has 5 heteroatoms. The Balaban J connectivity index is 1.86.